The minimum Gasteiger partial charge on any atom is -0.265 e. The second-order valence-corrected chi connectivity index (χ2v) is 6.37. The van der Waals surface area contributed by atoms with E-state index in [0.29, 0.717) is 0 Å². The van der Waals surface area contributed by atoms with Crippen molar-refractivity contribution < 1.29 is 0 Å². The van der Waals surface area contributed by atoms with Crippen LogP contribution < -0.4 is 0 Å². The van der Waals surface area contributed by atoms with Crippen LogP contribution in [0.5, 0.6) is 0 Å². The molecule has 0 aliphatic heterocycles. The molecule has 0 radical (unpaired) electrons. The van der Waals surface area contributed by atoms with Crippen molar-refractivity contribution in [3.63, 3.8) is 0 Å². The van der Waals surface area contributed by atoms with Crippen molar-refractivity contribution in [1.29, 1.82) is 0 Å². The van der Waals surface area contributed by atoms with Gasteiger partial charge >= 0.3 is 0 Å². The van der Waals surface area contributed by atoms with Crippen LogP contribution in [0.2, 0.25) is 0 Å². The van der Waals surface area contributed by atoms with Crippen molar-refractivity contribution in [2.45, 2.75) is 13.8 Å². The fourth-order valence-corrected chi connectivity index (χ4v) is 3.44. The summed E-state index contributed by atoms with van der Waals surface area (Å²) in [6, 6.07) is 18.9. The number of aromatic nitrogens is 3. The summed E-state index contributed by atoms with van der Waals surface area (Å²) in [5.41, 5.74) is 9.10. The Kier molecular flexibility index (Phi) is 4.28. The normalized spacial score (nSPS) is 10.7. The summed E-state index contributed by atoms with van der Waals surface area (Å²) in [7, 11) is 0. The van der Waals surface area contributed by atoms with Gasteiger partial charge in [0.1, 0.15) is 6.33 Å². The van der Waals surface area contributed by atoms with Crippen LogP contribution in [0.1, 0.15) is 11.1 Å². The highest BCUT2D eigenvalue weighted by Gasteiger charge is 2.14. The number of hydrogen-bond donors (Lipinski definition) is 0. The molecule has 4 rings (SSSR count). The molecule has 126 valence electrons. The Labute approximate surface area is 153 Å². The molecule has 3 heteroatoms. The maximum atomic E-state index is 4.55. The largest absolute Gasteiger partial charge is 0.265 e. The van der Waals surface area contributed by atoms with Crippen molar-refractivity contribution in [2.75, 3.05) is 0 Å². The van der Waals surface area contributed by atoms with Crippen molar-refractivity contribution >= 4 is 0 Å². The van der Waals surface area contributed by atoms with E-state index in [1.165, 1.54) is 27.8 Å². The monoisotopic (exact) mass is 337 g/mol. The molecule has 0 bridgehead atoms. The van der Waals surface area contributed by atoms with Gasteiger partial charge < -0.3 is 0 Å². The van der Waals surface area contributed by atoms with Crippen LogP contribution in [-0.2, 0) is 0 Å². The second-order valence-electron chi connectivity index (χ2n) is 6.37. The van der Waals surface area contributed by atoms with Crippen molar-refractivity contribution in [2.24, 2.45) is 0 Å². The summed E-state index contributed by atoms with van der Waals surface area (Å²) < 4.78 is 0. The number of pyridine rings is 1. The van der Waals surface area contributed by atoms with Gasteiger partial charge in [-0.25, -0.2) is 9.97 Å². The number of nitrogens with zero attached hydrogens (tertiary/aromatic N) is 3. The quantitative estimate of drug-likeness (QED) is 0.496. The first-order valence-electron chi connectivity index (χ1n) is 8.61. The zero-order valence-corrected chi connectivity index (χ0v) is 14.8. The molecule has 0 N–H and O–H groups in total. The van der Waals surface area contributed by atoms with Gasteiger partial charge in [-0.2, -0.15) is 0 Å². The average molecular weight is 337 g/mol. The Balaban J connectivity index is 1.88. The fourth-order valence-electron chi connectivity index (χ4n) is 3.44. The summed E-state index contributed by atoms with van der Waals surface area (Å²) in [6.07, 6.45) is 7.08. The van der Waals surface area contributed by atoms with Crippen LogP contribution in [0.15, 0.2) is 79.5 Å². The summed E-state index contributed by atoms with van der Waals surface area (Å²) in [4.78, 5) is 12.9. The summed E-state index contributed by atoms with van der Waals surface area (Å²) in [6.45, 7) is 4.30. The third-order valence-corrected chi connectivity index (χ3v) is 4.58. The Morgan fingerprint density at radius 2 is 1.38 bits per heavy atom. The van der Waals surface area contributed by atoms with Crippen molar-refractivity contribution in [3.8, 4) is 33.5 Å². The Bertz CT molecular complexity index is 1020. The molecule has 4 aromatic rings. The Morgan fingerprint density at radius 3 is 2.08 bits per heavy atom. The molecule has 0 aliphatic rings. The van der Waals surface area contributed by atoms with E-state index in [4.69, 9.17) is 0 Å². The van der Waals surface area contributed by atoms with E-state index >= 15 is 0 Å². The molecule has 0 atom stereocenters. The van der Waals surface area contributed by atoms with Crippen molar-refractivity contribution in [3.05, 3.63) is 90.6 Å². The van der Waals surface area contributed by atoms with E-state index < -0.39 is 0 Å². The molecule has 0 amide bonds. The highest BCUT2D eigenvalue weighted by Crippen LogP contribution is 2.36. The van der Waals surface area contributed by atoms with Gasteiger partial charge in [0.15, 0.2) is 0 Å². The molecule has 0 unspecified atom stereocenters. The number of aryl methyl sites for hydroxylation is 2. The SMILES string of the molecule is Cc1cc(-c2ccccc2)cc(C)c1-c1cncnc1-c1ccncc1. The molecule has 2 aromatic carbocycles. The molecule has 0 saturated heterocycles. The Hall–Kier alpha value is -3.33. The molecule has 0 aliphatic carbocycles. The van der Waals surface area contributed by atoms with Gasteiger partial charge in [0, 0.05) is 29.7 Å². The zero-order valence-electron chi connectivity index (χ0n) is 14.8. The third kappa shape index (κ3) is 3.00. The molecular formula is C23H19N3. The predicted octanol–water partition coefficient (Wildman–Crippen LogP) is 5.49. The van der Waals surface area contributed by atoms with E-state index in [-0.39, 0.29) is 0 Å². The lowest BCUT2D eigenvalue weighted by atomic mass is 9.90. The minimum absolute atomic E-state index is 0.932. The molecule has 26 heavy (non-hydrogen) atoms. The fraction of sp³-hybridized carbons (Fsp3) is 0.0870. The van der Waals surface area contributed by atoms with E-state index in [0.717, 1.165) is 16.8 Å². The maximum absolute atomic E-state index is 4.55. The van der Waals surface area contributed by atoms with Gasteiger partial charge in [0.2, 0.25) is 0 Å². The van der Waals surface area contributed by atoms with E-state index in [9.17, 15) is 0 Å². The van der Waals surface area contributed by atoms with E-state index in [1.54, 1.807) is 18.7 Å². The van der Waals surface area contributed by atoms with Crippen LogP contribution >= 0.6 is 0 Å². The van der Waals surface area contributed by atoms with Crippen LogP contribution in [0.4, 0.5) is 0 Å². The summed E-state index contributed by atoms with van der Waals surface area (Å²) >= 11 is 0. The average Bonchev–Trinajstić information content (AvgIpc) is 2.69. The summed E-state index contributed by atoms with van der Waals surface area (Å²) in [5, 5.41) is 0. The lowest BCUT2D eigenvalue weighted by Crippen LogP contribution is -1.96. The maximum Gasteiger partial charge on any atom is 0.116 e. The standard InChI is InChI=1S/C23H19N3/c1-16-12-20(18-6-4-3-5-7-18)13-17(2)22(16)21-14-25-15-26-23(21)19-8-10-24-11-9-19/h3-15H,1-2H3. The lowest BCUT2D eigenvalue weighted by Gasteiger charge is -2.15. The first kappa shape index (κ1) is 16.2. The molecule has 0 spiro atoms. The number of hydrogen-bond acceptors (Lipinski definition) is 3. The second kappa shape index (κ2) is 6.89. The van der Waals surface area contributed by atoms with Crippen molar-refractivity contribution in [1.82, 2.24) is 15.0 Å². The highest BCUT2D eigenvalue weighted by atomic mass is 14.8. The first-order chi connectivity index (χ1) is 12.7. The smallest absolute Gasteiger partial charge is 0.116 e. The molecule has 2 aromatic heterocycles. The zero-order chi connectivity index (χ0) is 17.9. The van der Waals surface area contributed by atoms with Gasteiger partial charge in [-0.05, 0) is 53.8 Å². The highest BCUT2D eigenvalue weighted by molar-refractivity contribution is 5.85. The van der Waals surface area contributed by atoms with Crippen LogP contribution in [-0.4, -0.2) is 15.0 Å². The minimum atomic E-state index is 0.932. The van der Waals surface area contributed by atoms with Crippen LogP contribution in [0.3, 0.4) is 0 Å². The van der Waals surface area contributed by atoms with E-state index in [1.807, 2.05) is 24.4 Å². The predicted molar refractivity (Wildman–Crippen MR) is 106 cm³/mol. The van der Waals surface area contributed by atoms with Crippen LogP contribution in [0, 0.1) is 13.8 Å². The van der Waals surface area contributed by atoms with Gasteiger partial charge in [0.05, 0.1) is 5.69 Å². The molecule has 0 saturated carbocycles. The van der Waals surface area contributed by atoms with E-state index in [2.05, 4.69) is 65.2 Å². The number of rotatable bonds is 3. The van der Waals surface area contributed by atoms with Gasteiger partial charge in [-0.15, -0.1) is 0 Å². The third-order valence-electron chi connectivity index (χ3n) is 4.58. The van der Waals surface area contributed by atoms with Gasteiger partial charge in [0.25, 0.3) is 0 Å². The van der Waals surface area contributed by atoms with Gasteiger partial charge in [-0.1, -0.05) is 42.5 Å². The number of benzene rings is 2. The molecule has 0 fully saturated rings. The first-order valence-corrected chi connectivity index (χ1v) is 8.61. The molecule has 2 heterocycles. The topological polar surface area (TPSA) is 38.7 Å². The lowest BCUT2D eigenvalue weighted by molar-refractivity contribution is 1.16. The molecular weight excluding hydrogens is 318 g/mol. The Morgan fingerprint density at radius 1 is 0.692 bits per heavy atom. The van der Waals surface area contributed by atoms with Gasteiger partial charge in [-0.3, -0.25) is 4.98 Å². The van der Waals surface area contributed by atoms with Crippen LogP contribution in [0.25, 0.3) is 33.5 Å². The summed E-state index contributed by atoms with van der Waals surface area (Å²) in [5.74, 6) is 0. The molecule has 3 nitrogen and oxygen atoms in total.